The fourth-order valence-electron chi connectivity index (χ4n) is 2.70. The van der Waals surface area contributed by atoms with Gasteiger partial charge >= 0.3 is 0 Å². The van der Waals surface area contributed by atoms with Crippen molar-refractivity contribution in [1.82, 2.24) is 4.31 Å². The standard InChI is InChI=1S/C14H21NO3S/c1-11-6-8-14(9-7-11)19(17,18)15-12(2)4-3-5-13(15)10-16/h6-9,12-13,16H,3-5,10H2,1-2H3/t12-,13-/m1/s1. The van der Waals surface area contributed by atoms with E-state index in [9.17, 15) is 13.5 Å². The molecular formula is C14H21NO3S. The molecule has 0 amide bonds. The number of aliphatic hydroxyl groups excluding tert-OH is 1. The molecule has 0 saturated carbocycles. The van der Waals surface area contributed by atoms with Crippen molar-refractivity contribution in [2.24, 2.45) is 0 Å². The first-order valence-electron chi connectivity index (χ1n) is 6.68. The van der Waals surface area contributed by atoms with Gasteiger partial charge in [-0.3, -0.25) is 0 Å². The van der Waals surface area contributed by atoms with E-state index in [1.165, 1.54) is 4.31 Å². The maximum Gasteiger partial charge on any atom is 0.243 e. The number of hydrogen-bond acceptors (Lipinski definition) is 3. The fourth-order valence-corrected chi connectivity index (χ4v) is 4.57. The molecule has 1 fully saturated rings. The SMILES string of the molecule is Cc1ccc(S(=O)(=O)N2[C@@H](CO)CCC[C@H]2C)cc1. The van der Waals surface area contributed by atoms with Crippen LogP contribution in [0, 0.1) is 6.92 Å². The summed E-state index contributed by atoms with van der Waals surface area (Å²) in [6, 6.07) is 6.53. The van der Waals surface area contributed by atoms with E-state index in [1.807, 2.05) is 13.8 Å². The summed E-state index contributed by atoms with van der Waals surface area (Å²) in [7, 11) is -3.52. The number of sulfonamides is 1. The van der Waals surface area contributed by atoms with Crippen LogP contribution in [0.2, 0.25) is 0 Å². The molecule has 1 aliphatic rings. The van der Waals surface area contributed by atoms with Gasteiger partial charge in [-0.1, -0.05) is 24.1 Å². The molecule has 1 aromatic rings. The Balaban J connectivity index is 2.38. The molecular weight excluding hydrogens is 262 g/mol. The van der Waals surface area contributed by atoms with E-state index in [0.29, 0.717) is 4.90 Å². The maximum atomic E-state index is 12.7. The monoisotopic (exact) mass is 283 g/mol. The van der Waals surface area contributed by atoms with Crippen LogP contribution < -0.4 is 0 Å². The first kappa shape index (κ1) is 14.5. The Kier molecular flexibility index (Phi) is 4.28. The third-order valence-electron chi connectivity index (χ3n) is 3.76. The molecule has 4 nitrogen and oxygen atoms in total. The van der Waals surface area contributed by atoms with Gasteiger partial charge in [0.05, 0.1) is 11.5 Å². The zero-order chi connectivity index (χ0) is 14.0. The summed E-state index contributed by atoms with van der Waals surface area (Å²) >= 11 is 0. The molecule has 0 spiro atoms. The Morgan fingerprint density at radius 2 is 1.89 bits per heavy atom. The van der Waals surface area contributed by atoms with Crippen LogP contribution in [0.25, 0.3) is 0 Å². The first-order valence-corrected chi connectivity index (χ1v) is 8.12. The molecule has 0 aliphatic carbocycles. The Labute approximate surface area is 115 Å². The summed E-state index contributed by atoms with van der Waals surface area (Å²) in [5, 5.41) is 9.43. The highest BCUT2D eigenvalue weighted by molar-refractivity contribution is 7.89. The van der Waals surface area contributed by atoms with Gasteiger partial charge in [0, 0.05) is 12.1 Å². The van der Waals surface area contributed by atoms with Crippen LogP contribution in [-0.4, -0.2) is 36.5 Å². The van der Waals surface area contributed by atoms with Crippen molar-refractivity contribution in [3.63, 3.8) is 0 Å². The summed E-state index contributed by atoms with van der Waals surface area (Å²) in [5.41, 5.74) is 1.03. The van der Waals surface area contributed by atoms with E-state index >= 15 is 0 Å². The summed E-state index contributed by atoms with van der Waals surface area (Å²) in [6.07, 6.45) is 2.54. The zero-order valence-corrected chi connectivity index (χ0v) is 12.2. The van der Waals surface area contributed by atoms with Crippen LogP contribution >= 0.6 is 0 Å². The number of rotatable bonds is 3. The molecule has 0 unspecified atom stereocenters. The molecule has 1 N–H and O–H groups in total. The quantitative estimate of drug-likeness (QED) is 0.922. The summed E-state index contributed by atoms with van der Waals surface area (Å²) in [4.78, 5) is 0.310. The van der Waals surface area contributed by atoms with Gasteiger partial charge < -0.3 is 5.11 Å². The first-order chi connectivity index (χ1) is 8.96. The van der Waals surface area contributed by atoms with E-state index in [4.69, 9.17) is 0 Å². The fraction of sp³-hybridized carbons (Fsp3) is 0.571. The predicted octanol–water partition coefficient (Wildman–Crippen LogP) is 1.92. The summed E-state index contributed by atoms with van der Waals surface area (Å²) < 4.78 is 26.9. The van der Waals surface area contributed by atoms with Gasteiger partial charge in [0.1, 0.15) is 0 Å². The predicted molar refractivity (Wildman–Crippen MR) is 74.4 cm³/mol. The second-order valence-electron chi connectivity index (χ2n) is 5.26. The van der Waals surface area contributed by atoms with Crippen LogP contribution in [0.15, 0.2) is 29.2 Å². The lowest BCUT2D eigenvalue weighted by molar-refractivity contribution is 0.123. The molecule has 1 saturated heterocycles. The average molecular weight is 283 g/mol. The van der Waals surface area contributed by atoms with Crippen molar-refractivity contribution in [3.05, 3.63) is 29.8 Å². The second-order valence-corrected chi connectivity index (χ2v) is 7.11. The zero-order valence-electron chi connectivity index (χ0n) is 11.4. The largest absolute Gasteiger partial charge is 0.395 e. The molecule has 0 aromatic heterocycles. The Hall–Kier alpha value is -0.910. The highest BCUT2D eigenvalue weighted by atomic mass is 32.2. The third kappa shape index (κ3) is 2.83. The number of aliphatic hydroxyl groups is 1. The molecule has 0 radical (unpaired) electrons. The summed E-state index contributed by atoms with van der Waals surface area (Å²) in [5.74, 6) is 0. The van der Waals surface area contributed by atoms with Crippen molar-refractivity contribution >= 4 is 10.0 Å². The number of nitrogens with zero attached hydrogens (tertiary/aromatic N) is 1. The highest BCUT2D eigenvalue weighted by Crippen LogP contribution is 2.29. The Bertz CT molecular complexity index is 524. The molecule has 0 bridgehead atoms. The molecule has 5 heteroatoms. The molecule has 2 atom stereocenters. The van der Waals surface area contributed by atoms with Gasteiger partial charge in [-0.15, -0.1) is 0 Å². The van der Waals surface area contributed by atoms with Crippen molar-refractivity contribution < 1.29 is 13.5 Å². The van der Waals surface area contributed by atoms with E-state index < -0.39 is 10.0 Å². The molecule has 1 aliphatic heterocycles. The lowest BCUT2D eigenvalue weighted by Crippen LogP contribution is -2.50. The van der Waals surface area contributed by atoms with Gasteiger partial charge in [0.25, 0.3) is 0 Å². The Morgan fingerprint density at radius 3 is 2.47 bits per heavy atom. The molecule has 1 heterocycles. The van der Waals surface area contributed by atoms with Gasteiger partial charge in [-0.2, -0.15) is 4.31 Å². The highest BCUT2D eigenvalue weighted by Gasteiger charge is 2.37. The van der Waals surface area contributed by atoms with Gasteiger partial charge in [-0.25, -0.2) is 8.42 Å². The number of aryl methyl sites for hydroxylation is 1. The van der Waals surface area contributed by atoms with Gasteiger partial charge in [0.2, 0.25) is 10.0 Å². The third-order valence-corrected chi connectivity index (χ3v) is 5.84. The van der Waals surface area contributed by atoms with Gasteiger partial charge in [-0.05, 0) is 38.8 Å². The molecule has 106 valence electrons. The van der Waals surface area contributed by atoms with E-state index in [-0.39, 0.29) is 18.7 Å². The van der Waals surface area contributed by atoms with Crippen LogP contribution in [0.5, 0.6) is 0 Å². The normalized spacial score (nSPS) is 25.4. The lowest BCUT2D eigenvalue weighted by atomic mass is 10.0. The van der Waals surface area contributed by atoms with Crippen LogP contribution in [0.3, 0.4) is 0 Å². The minimum absolute atomic E-state index is 0.0581. The van der Waals surface area contributed by atoms with Crippen molar-refractivity contribution in [2.45, 2.75) is 50.1 Å². The van der Waals surface area contributed by atoms with Crippen molar-refractivity contribution in [1.29, 1.82) is 0 Å². The van der Waals surface area contributed by atoms with Crippen molar-refractivity contribution in [2.75, 3.05) is 6.61 Å². The smallest absolute Gasteiger partial charge is 0.243 e. The number of piperidine rings is 1. The van der Waals surface area contributed by atoms with Crippen LogP contribution in [0.4, 0.5) is 0 Å². The topological polar surface area (TPSA) is 57.6 Å². The molecule has 19 heavy (non-hydrogen) atoms. The molecule has 2 rings (SSSR count). The van der Waals surface area contributed by atoms with E-state index in [1.54, 1.807) is 24.3 Å². The average Bonchev–Trinajstić information content (AvgIpc) is 2.38. The van der Waals surface area contributed by atoms with Gasteiger partial charge in [0.15, 0.2) is 0 Å². The minimum Gasteiger partial charge on any atom is -0.395 e. The number of hydrogen-bond donors (Lipinski definition) is 1. The summed E-state index contributed by atoms with van der Waals surface area (Å²) in [6.45, 7) is 3.72. The minimum atomic E-state index is -3.52. The maximum absolute atomic E-state index is 12.7. The van der Waals surface area contributed by atoms with E-state index in [2.05, 4.69) is 0 Å². The number of benzene rings is 1. The lowest BCUT2D eigenvalue weighted by Gasteiger charge is -2.38. The van der Waals surface area contributed by atoms with Crippen LogP contribution in [0.1, 0.15) is 31.7 Å². The Morgan fingerprint density at radius 1 is 1.26 bits per heavy atom. The molecule has 1 aromatic carbocycles. The van der Waals surface area contributed by atoms with Crippen LogP contribution in [-0.2, 0) is 10.0 Å². The second kappa shape index (κ2) is 5.61. The van der Waals surface area contributed by atoms with Crippen molar-refractivity contribution in [3.8, 4) is 0 Å². The van der Waals surface area contributed by atoms with E-state index in [0.717, 1.165) is 24.8 Å².